The summed E-state index contributed by atoms with van der Waals surface area (Å²) in [7, 11) is 0. The van der Waals surface area contributed by atoms with Gasteiger partial charge in [-0.15, -0.1) is 0 Å². The Morgan fingerprint density at radius 3 is 2.50 bits per heavy atom. The molecule has 86 valence electrons. The number of rotatable bonds is 9. The molecule has 3 nitrogen and oxygen atoms in total. The maximum Gasteiger partial charge on any atom is 0.0594 e. The number of ether oxygens (including phenoxy) is 1. The lowest BCUT2D eigenvalue weighted by atomic mass is 10.1. The van der Waals surface area contributed by atoms with Crippen LogP contribution in [-0.4, -0.2) is 44.3 Å². The van der Waals surface area contributed by atoms with Crippen LogP contribution in [-0.2, 0) is 4.74 Å². The van der Waals surface area contributed by atoms with Crippen molar-refractivity contribution in [3.8, 4) is 0 Å². The highest BCUT2D eigenvalue weighted by Crippen LogP contribution is 2.03. The Labute approximate surface area is 88.6 Å². The van der Waals surface area contributed by atoms with E-state index in [0.29, 0.717) is 13.2 Å². The Balaban J connectivity index is 3.47. The smallest absolute Gasteiger partial charge is 0.0594 e. The van der Waals surface area contributed by atoms with Crippen LogP contribution >= 0.6 is 0 Å². The van der Waals surface area contributed by atoms with Gasteiger partial charge < -0.3 is 15.4 Å². The second kappa shape index (κ2) is 9.44. The quantitative estimate of drug-likeness (QED) is 0.573. The van der Waals surface area contributed by atoms with Crippen molar-refractivity contribution < 1.29 is 4.74 Å². The summed E-state index contributed by atoms with van der Waals surface area (Å²) in [6, 6.07) is 0. The molecule has 1 unspecified atom stereocenters. The summed E-state index contributed by atoms with van der Waals surface area (Å²) in [5, 5.41) is 0. The van der Waals surface area contributed by atoms with Crippen LogP contribution in [0.1, 0.15) is 27.2 Å². The van der Waals surface area contributed by atoms with Crippen molar-refractivity contribution in [2.75, 3.05) is 39.4 Å². The van der Waals surface area contributed by atoms with Crippen LogP contribution in [0.2, 0.25) is 0 Å². The van der Waals surface area contributed by atoms with E-state index in [-0.39, 0.29) is 0 Å². The maximum atomic E-state index is 5.36. The topological polar surface area (TPSA) is 38.5 Å². The Morgan fingerprint density at radius 1 is 1.29 bits per heavy atom. The molecule has 0 aromatic heterocycles. The first-order chi connectivity index (χ1) is 6.74. The van der Waals surface area contributed by atoms with Gasteiger partial charge >= 0.3 is 0 Å². The Bertz CT molecular complexity index is 120. The lowest BCUT2D eigenvalue weighted by Gasteiger charge is -2.23. The van der Waals surface area contributed by atoms with E-state index in [2.05, 4.69) is 25.7 Å². The normalized spacial score (nSPS) is 13.5. The molecular weight excluding hydrogens is 176 g/mol. The Morgan fingerprint density at radius 2 is 2.00 bits per heavy atom. The number of hydrogen-bond acceptors (Lipinski definition) is 3. The first-order valence-electron chi connectivity index (χ1n) is 5.74. The SMILES string of the molecule is CCC(C)CN(CC)CCOCCN. The molecule has 0 heterocycles. The zero-order chi connectivity index (χ0) is 10.8. The summed E-state index contributed by atoms with van der Waals surface area (Å²) >= 11 is 0. The van der Waals surface area contributed by atoms with Crippen LogP contribution in [0.3, 0.4) is 0 Å². The van der Waals surface area contributed by atoms with Gasteiger partial charge in [0.2, 0.25) is 0 Å². The highest BCUT2D eigenvalue weighted by Gasteiger charge is 2.06. The summed E-state index contributed by atoms with van der Waals surface area (Å²) in [5.74, 6) is 0.782. The standard InChI is InChI=1S/C11H26N2O/c1-4-11(3)10-13(5-2)7-9-14-8-6-12/h11H,4-10,12H2,1-3H3. The third kappa shape index (κ3) is 7.30. The molecule has 0 saturated heterocycles. The van der Waals surface area contributed by atoms with E-state index in [1.807, 2.05) is 0 Å². The molecule has 0 aliphatic rings. The van der Waals surface area contributed by atoms with Crippen molar-refractivity contribution in [2.24, 2.45) is 11.7 Å². The molecule has 0 rings (SSSR count). The minimum absolute atomic E-state index is 0.623. The lowest BCUT2D eigenvalue weighted by molar-refractivity contribution is 0.105. The molecule has 0 fully saturated rings. The van der Waals surface area contributed by atoms with Gasteiger partial charge in [-0.05, 0) is 12.5 Å². The monoisotopic (exact) mass is 202 g/mol. The van der Waals surface area contributed by atoms with Crippen molar-refractivity contribution in [1.29, 1.82) is 0 Å². The van der Waals surface area contributed by atoms with Crippen LogP contribution in [0.4, 0.5) is 0 Å². The fraction of sp³-hybridized carbons (Fsp3) is 1.00. The first kappa shape index (κ1) is 13.9. The molecule has 0 aromatic carbocycles. The van der Waals surface area contributed by atoms with Crippen LogP contribution < -0.4 is 5.73 Å². The van der Waals surface area contributed by atoms with Gasteiger partial charge in [0.1, 0.15) is 0 Å². The van der Waals surface area contributed by atoms with Gasteiger partial charge in [-0.2, -0.15) is 0 Å². The van der Waals surface area contributed by atoms with Gasteiger partial charge in [0, 0.05) is 19.6 Å². The zero-order valence-corrected chi connectivity index (χ0v) is 9.96. The molecule has 0 saturated carbocycles. The summed E-state index contributed by atoms with van der Waals surface area (Å²) in [4.78, 5) is 2.44. The van der Waals surface area contributed by atoms with Gasteiger partial charge in [0.25, 0.3) is 0 Å². The lowest BCUT2D eigenvalue weighted by Crippen LogP contribution is -2.32. The predicted octanol–water partition coefficient (Wildman–Crippen LogP) is 1.33. The van der Waals surface area contributed by atoms with E-state index in [1.54, 1.807) is 0 Å². The summed E-state index contributed by atoms with van der Waals surface area (Å²) in [5.41, 5.74) is 5.34. The molecule has 1 atom stereocenters. The molecular formula is C11H26N2O. The first-order valence-corrected chi connectivity index (χ1v) is 5.74. The van der Waals surface area contributed by atoms with Crippen LogP contribution in [0, 0.1) is 5.92 Å². The van der Waals surface area contributed by atoms with Crippen molar-refractivity contribution >= 4 is 0 Å². The number of hydrogen-bond donors (Lipinski definition) is 1. The largest absolute Gasteiger partial charge is 0.379 e. The van der Waals surface area contributed by atoms with E-state index < -0.39 is 0 Å². The highest BCUT2D eigenvalue weighted by molar-refractivity contribution is 4.59. The molecule has 0 radical (unpaired) electrons. The molecule has 0 aliphatic heterocycles. The third-order valence-electron chi connectivity index (χ3n) is 2.53. The summed E-state index contributed by atoms with van der Waals surface area (Å²) < 4.78 is 5.36. The minimum Gasteiger partial charge on any atom is -0.379 e. The van der Waals surface area contributed by atoms with Crippen LogP contribution in [0.25, 0.3) is 0 Å². The van der Waals surface area contributed by atoms with E-state index in [0.717, 1.165) is 25.6 Å². The fourth-order valence-corrected chi connectivity index (χ4v) is 1.33. The molecule has 0 amide bonds. The second-order valence-corrected chi connectivity index (χ2v) is 3.81. The van der Waals surface area contributed by atoms with E-state index in [1.165, 1.54) is 13.0 Å². The van der Waals surface area contributed by atoms with Gasteiger partial charge in [-0.25, -0.2) is 0 Å². The highest BCUT2D eigenvalue weighted by atomic mass is 16.5. The van der Waals surface area contributed by atoms with Gasteiger partial charge in [-0.3, -0.25) is 0 Å². The molecule has 2 N–H and O–H groups in total. The third-order valence-corrected chi connectivity index (χ3v) is 2.53. The van der Waals surface area contributed by atoms with Gasteiger partial charge in [0.15, 0.2) is 0 Å². The molecule has 0 aromatic rings. The van der Waals surface area contributed by atoms with E-state index in [4.69, 9.17) is 10.5 Å². The van der Waals surface area contributed by atoms with Crippen LogP contribution in [0.5, 0.6) is 0 Å². The van der Waals surface area contributed by atoms with Crippen molar-refractivity contribution in [3.63, 3.8) is 0 Å². The zero-order valence-electron chi connectivity index (χ0n) is 9.96. The average molecular weight is 202 g/mol. The van der Waals surface area contributed by atoms with Crippen molar-refractivity contribution in [3.05, 3.63) is 0 Å². The van der Waals surface area contributed by atoms with Gasteiger partial charge in [-0.1, -0.05) is 27.2 Å². The van der Waals surface area contributed by atoms with E-state index in [9.17, 15) is 0 Å². The molecule has 14 heavy (non-hydrogen) atoms. The molecule has 3 heteroatoms. The summed E-state index contributed by atoms with van der Waals surface area (Å²) in [6.07, 6.45) is 1.25. The minimum atomic E-state index is 0.623. The molecule has 0 aliphatic carbocycles. The number of likely N-dealkylation sites (N-methyl/N-ethyl adjacent to an activating group) is 1. The number of nitrogens with two attached hydrogens (primary N) is 1. The van der Waals surface area contributed by atoms with Gasteiger partial charge in [0.05, 0.1) is 13.2 Å². The Hall–Kier alpha value is -0.120. The van der Waals surface area contributed by atoms with E-state index >= 15 is 0 Å². The average Bonchev–Trinajstić information content (AvgIpc) is 2.22. The van der Waals surface area contributed by atoms with Crippen molar-refractivity contribution in [1.82, 2.24) is 4.90 Å². The molecule has 0 bridgehead atoms. The Kier molecular flexibility index (Phi) is 9.35. The summed E-state index contributed by atoms with van der Waals surface area (Å²) in [6.45, 7) is 12.2. The maximum absolute atomic E-state index is 5.36. The van der Waals surface area contributed by atoms with Crippen molar-refractivity contribution in [2.45, 2.75) is 27.2 Å². The number of nitrogens with zero attached hydrogens (tertiary/aromatic N) is 1. The fourth-order valence-electron chi connectivity index (χ4n) is 1.33. The predicted molar refractivity (Wildman–Crippen MR) is 61.4 cm³/mol. The van der Waals surface area contributed by atoms with Crippen LogP contribution in [0.15, 0.2) is 0 Å². The second-order valence-electron chi connectivity index (χ2n) is 3.81. The molecule has 0 spiro atoms.